The number of hydrogen-bond acceptors (Lipinski definition) is 5. The molecule has 0 aliphatic carbocycles. The standard InChI is InChI=1S/C16H17BrF3N3O3S/c1-5-26-15(25)11-7(2)9(4)27-14(11)21-10(24)6-23-8(3)12(17)13(22-23)16(18,19)20/h5-6H2,1-4H3,(H,21,24). The Morgan fingerprint density at radius 2 is 1.93 bits per heavy atom. The van der Waals surface area contributed by atoms with E-state index in [0.29, 0.717) is 10.6 Å². The molecular weight excluding hydrogens is 451 g/mol. The lowest BCUT2D eigenvalue weighted by Crippen LogP contribution is -2.21. The Labute approximate surface area is 165 Å². The molecule has 2 aromatic rings. The van der Waals surface area contributed by atoms with Gasteiger partial charge in [0.1, 0.15) is 11.5 Å². The van der Waals surface area contributed by atoms with Gasteiger partial charge in [-0.1, -0.05) is 0 Å². The molecule has 0 unspecified atom stereocenters. The SMILES string of the molecule is CCOC(=O)c1c(NC(=O)Cn2nc(C(F)(F)F)c(Br)c2C)sc(C)c1C. The van der Waals surface area contributed by atoms with Crippen LogP contribution in [0.2, 0.25) is 0 Å². The van der Waals surface area contributed by atoms with E-state index in [9.17, 15) is 22.8 Å². The van der Waals surface area contributed by atoms with E-state index in [1.165, 1.54) is 18.3 Å². The van der Waals surface area contributed by atoms with Gasteiger partial charge in [0.25, 0.3) is 0 Å². The number of aromatic nitrogens is 2. The fourth-order valence-electron chi connectivity index (χ4n) is 2.33. The first-order valence-electron chi connectivity index (χ1n) is 7.84. The molecule has 0 saturated heterocycles. The van der Waals surface area contributed by atoms with Crippen molar-refractivity contribution in [2.45, 2.75) is 40.4 Å². The summed E-state index contributed by atoms with van der Waals surface area (Å²) in [4.78, 5) is 25.3. The molecule has 6 nitrogen and oxygen atoms in total. The average molecular weight is 468 g/mol. The van der Waals surface area contributed by atoms with Crippen LogP contribution < -0.4 is 5.32 Å². The van der Waals surface area contributed by atoms with Crippen molar-refractivity contribution < 1.29 is 27.5 Å². The van der Waals surface area contributed by atoms with E-state index in [0.717, 1.165) is 9.56 Å². The van der Waals surface area contributed by atoms with Crippen molar-refractivity contribution in [3.63, 3.8) is 0 Å². The maximum absolute atomic E-state index is 12.9. The van der Waals surface area contributed by atoms with Gasteiger partial charge in [0, 0.05) is 4.88 Å². The Morgan fingerprint density at radius 1 is 1.30 bits per heavy atom. The minimum Gasteiger partial charge on any atom is -0.462 e. The number of hydrogen-bond donors (Lipinski definition) is 1. The van der Waals surface area contributed by atoms with Crippen LogP contribution in [0.15, 0.2) is 4.47 Å². The van der Waals surface area contributed by atoms with Crippen molar-refractivity contribution in [3.8, 4) is 0 Å². The number of thiophene rings is 1. The maximum atomic E-state index is 12.9. The van der Waals surface area contributed by atoms with Crippen molar-refractivity contribution >= 4 is 44.1 Å². The molecule has 0 aromatic carbocycles. The van der Waals surface area contributed by atoms with Crippen molar-refractivity contribution in [1.82, 2.24) is 9.78 Å². The summed E-state index contributed by atoms with van der Waals surface area (Å²) in [7, 11) is 0. The zero-order valence-corrected chi connectivity index (χ0v) is 17.4. The molecule has 0 aliphatic heterocycles. The van der Waals surface area contributed by atoms with Crippen LogP contribution in [0.1, 0.15) is 39.1 Å². The van der Waals surface area contributed by atoms with Crippen LogP contribution in [0.25, 0.3) is 0 Å². The normalized spacial score (nSPS) is 11.6. The van der Waals surface area contributed by atoms with E-state index in [1.54, 1.807) is 20.8 Å². The Hall–Kier alpha value is -1.88. The van der Waals surface area contributed by atoms with E-state index >= 15 is 0 Å². The zero-order valence-electron chi connectivity index (χ0n) is 15.0. The third-order valence-corrected chi connectivity index (χ3v) is 5.89. The van der Waals surface area contributed by atoms with Crippen LogP contribution in [0.4, 0.5) is 18.2 Å². The molecule has 27 heavy (non-hydrogen) atoms. The lowest BCUT2D eigenvalue weighted by atomic mass is 10.1. The number of alkyl halides is 3. The monoisotopic (exact) mass is 467 g/mol. The van der Waals surface area contributed by atoms with E-state index < -0.39 is 30.3 Å². The molecule has 148 valence electrons. The molecule has 2 rings (SSSR count). The van der Waals surface area contributed by atoms with Crippen molar-refractivity contribution in [2.24, 2.45) is 0 Å². The number of carbonyl (C=O) groups excluding carboxylic acids is 2. The van der Waals surface area contributed by atoms with Gasteiger partial charge in [0.2, 0.25) is 5.91 Å². The third-order valence-electron chi connectivity index (χ3n) is 3.81. The molecule has 0 aliphatic rings. The molecule has 0 radical (unpaired) electrons. The van der Waals surface area contributed by atoms with Crippen LogP contribution in [0, 0.1) is 20.8 Å². The smallest absolute Gasteiger partial charge is 0.436 e. The summed E-state index contributed by atoms with van der Waals surface area (Å²) < 4.78 is 44.5. The van der Waals surface area contributed by atoms with Crippen molar-refractivity contribution in [2.75, 3.05) is 11.9 Å². The summed E-state index contributed by atoms with van der Waals surface area (Å²) in [6, 6.07) is 0. The van der Waals surface area contributed by atoms with E-state index in [-0.39, 0.29) is 22.3 Å². The van der Waals surface area contributed by atoms with Crippen LogP contribution in [-0.4, -0.2) is 28.3 Å². The molecule has 2 aromatic heterocycles. The molecule has 0 spiro atoms. The van der Waals surface area contributed by atoms with Crippen LogP contribution in [0.3, 0.4) is 0 Å². The van der Waals surface area contributed by atoms with Gasteiger partial charge in [0.05, 0.1) is 22.3 Å². The highest BCUT2D eigenvalue weighted by atomic mass is 79.9. The second-order valence-electron chi connectivity index (χ2n) is 5.66. The Kier molecular flexibility index (Phi) is 6.35. The Balaban J connectivity index is 2.25. The minimum atomic E-state index is -4.63. The highest BCUT2D eigenvalue weighted by molar-refractivity contribution is 9.10. The van der Waals surface area contributed by atoms with Gasteiger partial charge in [0.15, 0.2) is 5.69 Å². The number of esters is 1. The highest BCUT2D eigenvalue weighted by Crippen LogP contribution is 2.36. The van der Waals surface area contributed by atoms with Gasteiger partial charge in [-0.15, -0.1) is 11.3 Å². The van der Waals surface area contributed by atoms with Crippen LogP contribution in [-0.2, 0) is 22.3 Å². The second-order valence-corrected chi connectivity index (χ2v) is 7.68. The minimum absolute atomic E-state index is 0.168. The van der Waals surface area contributed by atoms with Gasteiger partial charge in [-0.05, 0) is 49.2 Å². The van der Waals surface area contributed by atoms with Crippen LogP contribution >= 0.6 is 27.3 Å². The van der Waals surface area contributed by atoms with E-state index in [2.05, 4.69) is 26.3 Å². The number of nitrogens with one attached hydrogen (secondary N) is 1. The quantitative estimate of drug-likeness (QED) is 0.658. The lowest BCUT2D eigenvalue weighted by molar-refractivity contribution is -0.142. The summed E-state index contributed by atoms with van der Waals surface area (Å²) in [5.41, 5.74) is 0.0117. The number of nitrogens with zero attached hydrogens (tertiary/aromatic N) is 2. The topological polar surface area (TPSA) is 73.2 Å². The predicted octanol–water partition coefficient (Wildman–Crippen LogP) is 4.47. The molecule has 0 fully saturated rings. The number of halogens is 4. The predicted molar refractivity (Wildman–Crippen MR) is 98.0 cm³/mol. The number of ether oxygens (including phenoxy) is 1. The molecule has 1 amide bonds. The number of aryl methyl sites for hydroxylation is 1. The highest BCUT2D eigenvalue weighted by Gasteiger charge is 2.38. The van der Waals surface area contributed by atoms with Crippen molar-refractivity contribution in [1.29, 1.82) is 0 Å². The Bertz CT molecular complexity index is 890. The summed E-state index contributed by atoms with van der Waals surface area (Å²) in [5.74, 6) is -1.17. The molecule has 11 heteroatoms. The molecule has 2 heterocycles. The summed E-state index contributed by atoms with van der Waals surface area (Å²) >= 11 is 4.06. The average Bonchev–Trinajstić information content (AvgIpc) is 2.98. The largest absolute Gasteiger partial charge is 0.462 e. The van der Waals surface area contributed by atoms with Gasteiger partial charge in [-0.2, -0.15) is 18.3 Å². The van der Waals surface area contributed by atoms with Gasteiger partial charge in [-0.25, -0.2) is 4.79 Å². The second kappa shape index (κ2) is 8.01. The summed E-state index contributed by atoms with van der Waals surface area (Å²) in [6.07, 6.45) is -4.63. The number of carbonyl (C=O) groups is 2. The molecule has 0 atom stereocenters. The van der Waals surface area contributed by atoms with Gasteiger partial charge in [-0.3, -0.25) is 9.48 Å². The van der Waals surface area contributed by atoms with Crippen LogP contribution in [0.5, 0.6) is 0 Å². The summed E-state index contributed by atoms with van der Waals surface area (Å²) in [5, 5.41) is 6.34. The number of anilines is 1. The zero-order chi connectivity index (χ0) is 20.5. The first kappa shape index (κ1) is 21.4. The molecule has 0 saturated carbocycles. The molecular formula is C16H17BrF3N3O3S. The lowest BCUT2D eigenvalue weighted by Gasteiger charge is -2.08. The van der Waals surface area contributed by atoms with Crippen molar-refractivity contribution in [3.05, 3.63) is 31.9 Å². The number of rotatable bonds is 5. The Morgan fingerprint density at radius 3 is 2.44 bits per heavy atom. The molecule has 1 N–H and O–H groups in total. The fourth-order valence-corrected chi connectivity index (χ4v) is 3.90. The van der Waals surface area contributed by atoms with E-state index in [4.69, 9.17) is 4.74 Å². The van der Waals surface area contributed by atoms with E-state index in [1.807, 2.05) is 0 Å². The molecule has 0 bridgehead atoms. The third kappa shape index (κ3) is 4.52. The summed E-state index contributed by atoms with van der Waals surface area (Å²) in [6.45, 7) is 6.37. The fraction of sp³-hybridized carbons (Fsp3) is 0.438. The van der Waals surface area contributed by atoms with Gasteiger partial charge < -0.3 is 10.1 Å². The first-order valence-corrected chi connectivity index (χ1v) is 9.45. The first-order chi connectivity index (χ1) is 12.5. The maximum Gasteiger partial charge on any atom is 0.436 e. The van der Waals surface area contributed by atoms with Gasteiger partial charge >= 0.3 is 12.1 Å². The number of amides is 1.